The van der Waals surface area contributed by atoms with Crippen LogP contribution < -0.4 is 5.32 Å². The first-order chi connectivity index (χ1) is 10.7. The zero-order chi connectivity index (χ0) is 15.2. The van der Waals surface area contributed by atoms with Gasteiger partial charge in [0.1, 0.15) is 12.1 Å². The van der Waals surface area contributed by atoms with Gasteiger partial charge in [-0.15, -0.1) is 0 Å². The van der Waals surface area contributed by atoms with Gasteiger partial charge < -0.3 is 10.1 Å². The van der Waals surface area contributed by atoms with Gasteiger partial charge in [0.15, 0.2) is 5.65 Å². The molecule has 3 heterocycles. The Labute approximate surface area is 130 Å². The third kappa shape index (κ3) is 2.33. The number of hydrogen-bond acceptors (Lipinski definition) is 5. The van der Waals surface area contributed by atoms with E-state index in [-0.39, 0.29) is 5.60 Å². The molecule has 1 N–H and O–H groups in total. The number of rotatable bonds is 2. The lowest BCUT2D eigenvalue weighted by Crippen LogP contribution is -2.25. The molecule has 2 aromatic rings. The average molecular weight is 298 g/mol. The maximum atomic E-state index is 6.13. The smallest absolute Gasteiger partial charge is 0.165 e. The monoisotopic (exact) mass is 298 g/mol. The highest BCUT2D eigenvalue weighted by atomic mass is 16.5. The van der Waals surface area contributed by atoms with Crippen LogP contribution in [0.1, 0.15) is 43.4 Å². The van der Waals surface area contributed by atoms with Gasteiger partial charge in [-0.25, -0.2) is 15.0 Å². The van der Waals surface area contributed by atoms with E-state index in [2.05, 4.69) is 33.3 Å². The van der Waals surface area contributed by atoms with Crippen LogP contribution in [0.3, 0.4) is 0 Å². The summed E-state index contributed by atoms with van der Waals surface area (Å²) < 4.78 is 6.13. The third-order valence-corrected chi connectivity index (χ3v) is 4.99. The van der Waals surface area contributed by atoms with Crippen LogP contribution >= 0.6 is 0 Å². The number of hydrogen-bond donors (Lipinski definition) is 1. The Morgan fingerprint density at radius 3 is 2.86 bits per heavy atom. The predicted molar refractivity (Wildman–Crippen MR) is 86.0 cm³/mol. The summed E-state index contributed by atoms with van der Waals surface area (Å²) in [7, 11) is 0. The molecule has 0 bridgehead atoms. The molecule has 0 aromatic carbocycles. The second-order valence-electron chi connectivity index (χ2n) is 6.75. The Kier molecular flexibility index (Phi) is 3.26. The Morgan fingerprint density at radius 1 is 1.23 bits per heavy atom. The van der Waals surface area contributed by atoms with E-state index < -0.39 is 0 Å². The van der Waals surface area contributed by atoms with Gasteiger partial charge in [0.2, 0.25) is 0 Å². The lowest BCUT2D eigenvalue weighted by atomic mass is 9.96. The van der Waals surface area contributed by atoms with E-state index in [4.69, 9.17) is 4.74 Å². The van der Waals surface area contributed by atoms with E-state index in [0.29, 0.717) is 6.04 Å². The van der Waals surface area contributed by atoms with Crippen LogP contribution in [0.15, 0.2) is 12.4 Å². The standard InChI is InChI=1S/C17H22N4O/c1-11-7-12(2)20-15-14(11)16(19-10-18-15)21-13-8-17(22-9-13)5-3-4-6-17/h7,10,13H,3-6,8-9H2,1-2H3,(H,18,19,20,21). The van der Waals surface area contributed by atoms with Crippen molar-refractivity contribution in [1.29, 1.82) is 0 Å². The van der Waals surface area contributed by atoms with E-state index in [9.17, 15) is 0 Å². The lowest BCUT2D eigenvalue weighted by molar-refractivity contribution is 0.0103. The number of aromatic nitrogens is 3. The topological polar surface area (TPSA) is 59.9 Å². The van der Waals surface area contributed by atoms with Gasteiger partial charge in [-0.2, -0.15) is 0 Å². The summed E-state index contributed by atoms with van der Waals surface area (Å²) in [6.07, 6.45) is 7.68. The zero-order valence-corrected chi connectivity index (χ0v) is 13.2. The minimum absolute atomic E-state index is 0.129. The normalized spacial score (nSPS) is 23.5. The SMILES string of the molecule is Cc1cc(C)c2c(NC3COC4(CCCC4)C3)ncnc2n1. The van der Waals surface area contributed by atoms with Crippen molar-refractivity contribution in [2.45, 2.75) is 57.6 Å². The molecule has 116 valence electrons. The largest absolute Gasteiger partial charge is 0.373 e. The summed E-state index contributed by atoms with van der Waals surface area (Å²) in [6.45, 7) is 4.86. The molecular weight excluding hydrogens is 276 g/mol. The Hall–Kier alpha value is -1.75. The minimum atomic E-state index is 0.129. The zero-order valence-electron chi connectivity index (χ0n) is 13.2. The number of ether oxygens (including phenoxy) is 1. The van der Waals surface area contributed by atoms with Gasteiger partial charge in [0.25, 0.3) is 0 Å². The van der Waals surface area contributed by atoms with Gasteiger partial charge >= 0.3 is 0 Å². The fourth-order valence-corrected chi connectivity index (χ4v) is 4.02. The van der Waals surface area contributed by atoms with E-state index in [1.807, 2.05) is 6.92 Å². The van der Waals surface area contributed by atoms with Gasteiger partial charge in [-0.3, -0.25) is 0 Å². The van der Waals surface area contributed by atoms with Crippen LogP contribution in [-0.4, -0.2) is 33.2 Å². The summed E-state index contributed by atoms with van der Waals surface area (Å²) in [5.41, 5.74) is 3.05. The highest BCUT2D eigenvalue weighted by molar-refractivity contribution is 5.89. The van der Waals surface area contributed by atoms with Crippen LogP contribution in [0.25, 0.3) is 11.0 Å². The lowest BCUT2D eigenvalue weighted by Gasteiger charge is -2.21. The van der Waals surface area contributed by atoms with Crippen molar-refractivity contribution in [3.05, 3.63) is 23.7 Å². The van der Waals surface area contributed by atoms with Crippen LogP contribution in [0, 0.1) is 13.8 Å². The Bertz CT molecular complexity index is 709. The molecule has 2 fully saturated rings. The van der Waals surface area contributed by atoms with Crippen molar-refractivity contribution >= 4 is 16.9 Å². The molecule has 5 nitrogen and oxygen atoms in total. The van der Waals surface area contributed by atoms with Crippen LogP contribution in [0.2, 0.25) is 0 Å². The van der Waals surface area contributed by atoms with E-state index in [1.165, 1.54) is 31.2 Å². The molecule has 5 heteroatoms. The average Bonchev–Trinajstić information content (AvgIpc) is 3.09. The van der Waals surface area contributed by atoms with Crippen LogP contribution in [0.5, 0.6) is 0 Å². The molecule has 0 amide bonds. The second-order valence-corrected chi connectivity index (χ2v) is 6.75. The number of aryl methyl sites for hydroxylation is 2. The molecule has 0 radical (unpaired) electrons. The van der Waals surface area contributed by atoms with E-state index >= 15 is 0 Å². The Balaban J connectivity index is 1.62. The van der Waals surface area contributed by atoms with Crippen LogP contribution in [0.4, 0.5) is 5.82 Å². The Morgan fingerprint density at radius 2 is 2.05 bits per heavy atom. The fraction of sp³-hybridized carbons (Fsp3) is 0.588. The molecule has 4 rings (SSSR count). The second kappa shape index (κ2) is 5.16. The number of fused-ring (bicyclic) bond motifs is 1. The van der Waals surface area contributed by atoms with Gasteiger partial charge in [-0.1, -0.05) is 12.8 Å². The molecule has 1 unspecified atom stereocenters. The van der Waals surface area contributed by atoms with Crippen molar-refractivity contribution in [1.82, 2.24) is 15.0 Å². The van der Waals surface area contributed by atoms with Crippen molar-refractivity contribution in [3.63, 3.8) is 0 Å². The van der Waals surface area contributed by atoms with E-state index in [1.54, 1.807) is 6.33 Å². The quantitative estimate of drug-likeness (QED) is 0.923. The molecule has 2 aliphatic rings. The van der Waals surface area contributed by atoms with Crippen molar-refractivity contribution in [2.24, 2.45) is 0 Å². The molecule has 1 saturated heterocycles. The molecule has 1 aliphatic carbocycles. The molecular formula is C17H22N4O. The summed E-state index contributed by atoms with van der Waals surface area (Å²) in [5, 5.41) is 4.61. The highest BCUT2D eigenvalue weighted by Gasteiger charge is 2.42. The highest BCUT2D eigenvalue weighted by Crippen LogP contribution is 2.41. The first-order valence-corrected chi connectivity index (χ1v) is 8.15. The molecule has 1 aliphatic heterocycles. The minimum Gasteiger partial charge on any atom is -0.373 e. The summed E-state index contributed by atoms with van der Waals surface area (Å²) in [4.78, 5) is 13.3. The summed E-state index contributed by atoms with van der Waals surface area (Å²) >= 11 is 0. The van der Waals surface area contributed by atoms with Gasteiger partial charge in [0, 0.05) is 5.69 Å². The molecule has 1 atom stereocenters. The van der Waals surface area contributed by atoms with Gasteiger partial charge in [0.05, 0.1) is 23.6 Å². The van der Waals surface area contributed by atoms with E-state index in [0.717, 1.165) is 35.6 Å². The van der Waals surface area contributed by atoms with Gasteiger partial charge in [-0.05, 0) is 44.7 Å². The van der Waals surface area contributed by atoms with Crippen molar-refractivity contribution in [3.8, 4) is 0 Å². The van der Waals surface area contributed by atoms with Crippen molar-refractivity contribution in [2.75, 3.05) is 11.9 Å². The maximum Gasteiger partial charge on any atom is 0.165 e. The molecule has 22 heavy (non-hydrogen) atoms. The number of anilines is 1. The molecule has 2 aromatic heterocycles. The fourth-order valence-electron chi connectivity index (χ4n) is 4.02. The maximum absolute atomic E-state index is 6.13. The number of nitrogens with one attached hydrogen (secondary N) is 1. The first kappa shape index (κ1) is 13.9. The van der Waals surface area contributed by atoms with Crippen molar-refractivity contribution < 1.29 is 4.74 Å². The molecule has 1 spiro atoms. The summed E-state index contributed by atoms with van der Waals surface area (Å²) in [6, 6.07) is 2.41. The number of nitrogens with zero attached hydrogens (tertiary/aromatic N) is 3. The summed E-state index contributed by atoms with van der Waals surface area (Å²) in [5.74, 6) is 0.888. The number of pyridine rings is 1. The molecule has 1 saturated carbocycles. The third-order valence-electron chi connectivity index (χ3n) is 4.99. The van der Waals surface area contributed by atoms with Crippen LogP contribution in [-0.2, 0) is 4.74 Å². The first-order valence-electron chi connectivity index (χ1n) is 8.15. The predicted octanol–water partition coefficient (Wildman–Crippen LogP) is 3.16.